The van der Waals surface area contributed by atoms with E-state index in [0.717, 1.165) is 40.2 Å². The highest BCUT2D eigenvalue weighted by Gasteiger charge is 2.26. The van der Waals surface area contributed by atoms with E-state index in [1.165, 1.54) is 23.5 Å². The monoisotopic (exact) mass is 513 g/mol. The van der Waals surface area contributed by atoms with Crippen molar-refractivity contribution < 1.29 is 14.0 Å². The minimum absolute atomic E-state index is 0.0963. The number of benzene rings is 3. The quantitative estimate of drug-likeness (QED) is 0.305. The number of hydrogen-bond donors (Lipinski definition) is 1. The normalized spacial score (nSPS) is 13.9. The summed E-state index contributed by atoms with van der Waals surface area (Å²) in [4.78, 5) is 32.2. The zero-order valence-corrected chi connectivity index (χ0v) is 21.2. The molecule has 0 spiro atoms. The van der Waals surface area contributed by atoms with Crippen molar-refractivity contribution in [2.24, 2.45) is 0 Å². The molecule has 0 unspecified atom stereocenters. The van der Waals surface area contributed by atoms with Crippen molar-refractivity contribution in [1.29, 1.82) is 0 Å². The summed E-state index contributed by atoms with van der Waals surface area (Å²) in [6.07, 6.45) is 2.54. The first-order valence-corrected chi connectivity index (χ1v) is 13.4. The summed E-state index contributed by atoms with van der Waals surface area (Å²) < 4.78 is 13.4. The highest BCUT2D eigenvalue weighted by molar-refractivity contribution is 7.10. The van der Waals surface area contributed by atoms with E-state index < -0.39 is 0 Å². The van der Waals surface area contributed by atoms with Gasteiger partial charge < -0.3 is 10.2 Å². The number of para-hydroxylation sites is 1. The van der Waals surface area contributed by atoms with Gasteiger partial charge in [0.2, 0.25) is 5.91 Å². The molecular formula is C30H28FN3O2S. The van der Waals surface area contributed by atoms with Gasteiger partial charge in [-0.3, -0.25) is 9.59 Å². The van der Waals surface area contributed by atoms with Gasteiger partial charge in [0, 0.05) is 42.1 Å². The standard InChI is InChI=1S/C30H28FN3O2S/c31-24-10-6-7-21(19-24)13-14-28(35)34-17-15-23(16-18-34)30-33-27(20-37-30)29(36)32-26-12-5-4-11-25(26)22-8-2-1-3-9-22/h1-12,19-20,23H,13-18H2,(H,32,36). The second kappa shape index (κ2) is 11.5. The van der Waals surface area contributed by atoms with Crippen LogP contribution in [0.3, 0.4) is 0 Å². The van der Waals surface area contributed by atoms with Gasteiger partial charge in [0.1, 0.15) is 11.5 Å². The molecule has 5 rings (SSSR count). The maximum Gasteiger partial charge on any atom is 0.275 e. The van der Waals surface area contributed by atoms with Gasteiger partial charge in [-0.2, -0.15) is 0 Å². The van der Waals surface area contributed by atoms with E-state index in [1.54, 1.807) is 6.07 Å². The van der Waals surface area contributed by atoms with E-state index in [-0.39, 0.29) is 23.5 Å². The Balaban J connectivity index is 1.16. The lowest BCUT2D eigenvalue weighted by molar-refractivity contribution is -0.132. The van der Waals surface area contributed by atoms with E-state index in [1.807, 2.05) is 70.9 Å². The van der Waals surface area contributed by atoms with Crippen LogP contribution in [-0.4, -0.2) is 34.8 Å². The van der Waals surface area contributed by atoms with Crippen LogP contribution in [0.15, 0.2) is 84.2 Å². The van der Waals surface area contributed by atoms with Gasteiger partial charge in [-0.15, -0.1) is 11.3 Å². The summed E-state index contributed by atoms with van der Waals surface area (Å²) in [5.74, 6) is -0.173. The van der Waals surface area contributed by atoms with Crippen molar-refractivity contribution in [3.05, 3.63) is 106 Å². The summed E-state index contributed by atoms with van der Waals surface area (Å²) in [5, 5.41) is 5.77. The molecule has 1 aliphatic heterocycles. The third kappa shape index (κ3) is 6.12. The van der Waals surface area contributed by atoms with E-state index in [4.69, 9.17) is 0 Å². The number of nitrogens with one attached hydrogen (secondary N) is 1. The number of amides is 2. The molecule has 0 saturated carbocycles. The predicted molar refractivity (Wildman–Crippen MR) is 145 cm³/mol. The molecule has 5 nitrogen and oxygen atoms in total. The second-order valence-electron chi connectivity index (χ2n) is 9.22. The largest absolute Gasteiger partial charge is 0.343 e. The zero-order valence-electron chi connectivity index (χ0n) is 20.4. The molecule has 2 amide bonds. The highest BCUT2D eigenvalue weighted by atomic mass is 32.1. The molecule has 3 aromatic carbocycles. The van der Waals surface area contributed by atoms with Crippen LogP contribution >= 0.6 is 11.3 Å². The fourth-order valence-corrected chi connectivity index (χ4v) is 5.68. The Labute approximate surface area is 220 Å². The summed E-state index contributed by atoms with van der Waals surface area (Å²) in [5.41, 5.74) is 3.99. The first-order valence-electron chi connectivity index (χ1n) is 12.5. The lowest BCUT2D eigenvalue weighted by atomic mass is 9.97. The Morgan fingerprint density at radius 2 is 1.73 bits per heavy atom. The van der Waals surface area contributed by atoms with Gasteiger partial charge in [-0.05, 0) is 48.6 Å². The van der Waals surface area contributed by atoms with E-state index in [2.05, 4.69) is 10.3 Å². The Bertz CT molecular complexity index is 1380. The smallest absolute Gasteiger partial charge is 0.275 e. The number of rotatable bonds is 7. The average molecular weight is 514 g/mol. The molecule has 0 aliphatic carbocycles. The molecule has 1 aliphatic rings. The molecule has 1 N–H and O–H groups in total. The van der Waals surface area contributed by atoms with Gasteiger partial charge in [0.25, 0.3) is 5.91 Å². The number of carbonyl (C=O) groups excluding carboxylic acids is 2. The maximum atomic E-state index is 13.4. The van der Waals surface area contributed by atoms with Crippen LogP contribution in [0, 0.1) is 5.82 Å². The molecule has 37 heavy (non-hydrogen) atoms. The number of aromatic nitrogens is 1. The van der Waals surface area contributed by atoms with Crippen molar-refractivity contribution in [3.63, 3.8) is 0 Å². The van der Waals surface area contributed by atoms with Gasteiger partial charge >= 0.3 is 0 Å². The van der Waals surface area contributed by atoms with E-state index in [0.29, 0.717) is 31.6 Å². The summed E-state index contributed by atoms with van der Waals surface area (Å²) in [7, 11) is 0. The van der Waals surface area contributed by atoms with Crippen molar-refractivity contribution >= 4 is 28.8 Å². The minimum atomic E-state index is -0.275. The molecule has 1 aromatic heterocycles. The zero-order chi connectivity index (χ0) is 25.6. The van der Waals surface area contributed by atoms with Crippen LogP contribution in [0.25, 0.3) is 11.1 Å². The molecule has 1 fully saturated rings. The topological polar surface area (TPSA) is 62.3 Å². The second-order valence-corrected chi connectivity index (χ2v) is 10.1. The number of hydrogen-bond acceptors (Lipinski definition) is 4. The summed E-state index contributed by atoms with van der Waals surface area (Å²) in [6, 6.07) is 24.1. The predicted octanol–water partition coefficient (Wildman–Crippen LogP) is 6.54. The molecule has 0 atom stereocenters. The molecule has 0 radical (unpaired) electrons. The van der Waals surface area contributed by atoms with Crippen LogP contribution in [0.2, 0.25) is 0 Å². The van der Waals surface area contributed by atoms with Crippen LogP contribution in [0.4, 0.5) is 10.1 Å². The molecule has 0 bridgehead atoms. The van der Waals surface area contributed by atoms with Crippen LogP contribution in [-0.2, 0) is 11.2 Å². The molecule has 7 heteroatoms. The SMILES string of the molecule is O=C(Nc1ccccc1-c1ccccc1)c1csc(C2CCN(C(=O)CCc3cccc(F)c3)CC2)n1. The lowest BCUT2D eigenvalue weighted by Crippen LogP contribution is -2.38. The number of thiazole rings is 1. The van der Waals surface area contributed by atoms with E-state index in [9.17, 15) is 14.0 Å². The molecule has 1 saturated heterocycles. The first kappa shape index (κ1) is 24.8. The molecular weight excluding hydrogens is 485 g/mol. The van der Waals surface area contributed by atoms with E-state index >= 15 is 0 Å². The van der Waals surface area contributed by atoms with Crippen LogP contribution in [0.5, 0.6) is 0 Å². The Kier molecular flexibility index (Phi) is 7.70. The summed E-state index contributed by atoms with van der Waals surface area (Å²) in [6.45, 7) is 1.33. The lowest BCUT2D eigenvalue weighted by Gasteiger charge is -2.31. The minimum Gasteiger partial charge on any atom is -0.343 e. The molecule has 4 aromatic rings. The molecule has 2 heterocycles. The maximum absolute atomic E-state index is 13.4. The van der Waals surface area contributed by atoms with Gasteiger partial charge in [-0.25, -0.2) is 9.37 Å². The fourth-order valence-electron chi connectivity index (χ4n) is 4.71. The number of halogens is 1. The third-order valence-corrected chi connectivity index (χ3v) is 7.74. The molecule has 188 valence electrons. The number of aryl methyl sites for hydroxylation is 1. The Morgan fingerprint density at radius 1 is 0.973 bits per heavy atom. The Hall–Kier alpha value is -3.84. The average Bonchev–Trinajstić information content (AvgIpc) is 3.43. The number of piperidine rings is 1. The third-order valence-electron chi connectivity index (χ3n) is 6.73. The first-order chi connectivity index (χ1) is 18.1. The number of anilines is 1. The van der Waals surface area contributed by atoms with Crippen LogP contribution < -0.4 is 5.32 Å². The van der Waals surface area contributed by atoms with Gasteiger partial charge in [0.15, 0.2) is 0 Å². The number of likely N-dealkylation sites (tertiary alicyclic amines) is 1. The number of nitrogens with zero attached hydrogens (tertiary/aromatic N) is 2. The number of carbonyl (C=O) groups is 2. The highest BCUT2D eigenvalue weighted by Crippen LogP contribution is 2.32. The van der Waals surface area contributed by atoms with Crippen molar-refractivity contribution in [1.82, 2.24) is 9.88 Å². The fraction of sp³-hybridized carbons (Fsp3) is 0.233. The van der Waals surface area contributed by atoms with Crippen molar-refractivity contribution in [2.75, 3.05) is 18.4 Å². The van der Waals surface area contributed by atoms with Gasteiger partial charge in [0.05, 0.1) is 5.01 Å². The van der Waals surface area contributed by atoms with Gasteiger partial charge in [-0.1, -0.05) is 60.7 Å². The van der Waals surface area contributed by atoms with Crippen molar-refractivity contribution in [3.8, 4) is 11.1 Å². The van der Waals surface area contributed by atoms with Crippen LogP contribution in [0.1, 0.15) is 46.2 Å². The van der Waals surface area contributed by atoms with Crippen molar-refractivity contribution in [2.45, 2.75) is 31.6 Å². The Morgan fingerprint density at radius 3 is 2.51 bits per heavy atom. The summed E-state index contributed by atoms with van der Waals surface area (Å²) >= 11 is 1.50.